The monoisotopic (exact) mass is 377 g/mol. The number of halogens is 1. The highest BCUT2D eigenvalue weighted by atomic mass is 79.9. The Morgan fingerprint density at radius 3 is 2.65 bits per heavy atom. The summed E-state index contributed by atoms with van der Waals surface area (Å²) in [6.07, 6.45) is 0.936. The van der Waals surface area contributed by atoms with Gasteiger partial charge in [0.25, 0.3) is 0 Å². The van der Waals surface area contributed by atoms with Crippen LogP contribution in [0.15, 0.2) is 33.6 Å². The number of sulfone groups is 1. The number of benzene rings is 1. The van der Waals surface area contributed by atoms with Crippen molar-refractivity contribution in [3.8, 4) is 0 Å². The number of carbonyl (C=O) groups is 1. The van der Waals surface area contributed by atoms with Gasteiger partial charge in [-0.25, -0.2) is 8.42 Å². The van der Waals surface area contributed by atoms with Gasteiger partial charge >= 0.3 is 0 Å². The van der Waals surface area contributed by atoms with Crippen LogP contribution in [0.1, 0.15) is 12.8 Å². The van der Waals surface area contributed by atoms with Crippen molar-refractivity contribution in [2.24, 2.45) is 0 Å². The largest absolute Gasteiger partial charge is 0.352 e. The first kappa shape index (κ1) is 15.9. The van der Waals surface area contributed by atoms with Crippen molar-refractivity contribution in [1.82, 2.24) is 5.32 Å². The second-order valence-electron chi connectivity index (χ2n) is 4.72. The molecule has 2 rings (SSSR count). The van der Waals surface area contributed by atoms with E-state index in [4.69, 9.17) is 0 Å². The molecular weight excluding hydrogens is 362 g/mol. The number of hydrogen-bond donors (Lipinski definition) is 1. The summed E-state index contributed by atoms with van der Waals surface area (Å²) in [6, 6.07) is 7.72. The van der Waals surface area contributed by atoms with Crippen LogP contribution >= 0.6 is 27.7 Å². The van der Waals surface area contributed by atoms with Crippen LogP contribution in [0.25, 0.3) is 0 Å². The van der Waals surface area contributed by atoms with E-state index in [0.29, 0.717) is 18.6 Å². The minimum atomic E-state index is -2.93. The Morgan fingerprint density at radius 2 is 2.05 bits per heavy atom. The Kier molecular flexibility index (Phi) is 5.51. The molecule has 110 valence electrons. The van der Waals surface area contributed by atoms with Crippen molar-refractivity contribution in [1.29, 1.82) is 0 Å². The number of carbonyl (C=O) groups excluding carboxylic acids is 1. The maximum Gasteiger partial charge on any atom is 0.221 e. The summed E-state index contributed by atoms with van der Waals surface area (Å²) in [6.45, 7) is 0. The zero-order valence-corrected chi connectivity index (χ0v) is 14.1. The molecule has 0 radical (unpaired) electrons. The van der Waals surface area contributed by atoms with Gasteiger partial charge in [0.15, 0.2) is 9.84 Å². The molecule has 0 aromatic heterocycles. The van der Waals surface area contributed by atoms with Crippen molar-refractivity contribution in [2.45, 2.75) is 23.8 Å². The van der Waals surface area contributed by atoms with Crippen LogP contribution in [-0.4, -0.2) is 37.6 Å². The molecule has 20 heavy (non-hydrogen) atoms. The standard InChI is InChI=1S/C13H16BrNO3S2/c14-10-1-3-12(4-2-10)19-7-5-13(16)15-11-6-8-20(17,18)9-11/h1-4,11H,5-9H2,(H,15,16)/t11-/m1/s1. The fraction of sp³-hybridized carbons (Fsp3) is 0.462. The van der Waals surface area contributed by atoms with Crippen LogP contribution in [-0.2, 0) is 14.6 Å². The van der Waals surface area contributed by atoms with Crippen molar-refractivity contribution >= 4 is 43.4 Å². The Balaban J connectivity index is 1.69. The summed E-state index contributed by atoms with van der Waals surface area (Å²) in [5.41, 5.74) is 0. The maximum atomic E-state index is 11.7. The number of amides is 1. The molecule has 1 atom stereocenters. The van der Waals surface area contributed by atoms with E-state index in [1.807, 2.05) is 24.3 Å². The predicted molar refractivity (Wildman–Crippen MR) is 84.7 cm³/mol. The van der Waals surface area contributed by atoms with E-state index >= 15 is 0 Å². The Hall–Kier alpha value is -0.530. The molecule has 1 aromatic carbocycles. The molecule has 0 unspecified atom stereocenters. The van der Waals surface area contributed by atoms with E-state index in [9.17, 15) is 13.2 Å². The third kappa shape index (κ3) is 5.10. The molecule has 0 aliphatic carbocycles. The topological polar surface area (TPSA) is 63.2 Å². The smallest absolute Gasteiger partial charge is 0.221 e. The van der Waals surface area contributed by atoms with Gasteiger partial charge < -0.3 is 5.32 Å². The third-order valence-electron chi connectivity index (χ3n) is 3.01. The normalized spacial score (nSPS) is 20.8. The lowest BCUT2D eigenvalue weighted by molar-refractivity contribution is -0.121. The van der Waals surface area contributed by atoms with Gasteiger partial charge in [0.2, 0.25) is 5.91 Å². The molecule has 1 fully saturated rings. The van der Waals surface area contributed by atoms with Crippen LogP contribution in [0, 0.1) is 0 Å². The van der Waals surface area contributed by atoms with Gasteiger partial charge in [-0.05, 0) is 30.7 Å². The first-order chi connectivity index (χ1) is 9.44. The second-order valence-corrected chi connectivity index (χ2v) is 9.03. The van der Waals surface area contributed by atoms with Crippen LogP contribution in [0.3, 0.4) is 0 Å². The van der Waals surface area contributed by atoms with E-state index in [1.165, 1.54) is 0 Å². The maximum absolute atomic E-state index is 11.7. The summed E-state index contributed by atoms with van der Waals surface area (Å²) >= 11 is 4.99. The Morgan fingerprint density at radius 1 is 1.35 bits per heavy atom. The van der Waals surface area contributed by atoms with Gasteiger partial charge in [-0.1, -0.05) is 15.9 Å². The van der Waals surface area contributed by atoms with Crippen molar-refractivity contribution < 1.29 is 13.2 Å². The van der Waals surface area contributed by atoms with Crippen molar-refractivity contribution in [3.63, 3.8) is 0 Å². The summed E-state index contributed by atoms with van der Waals surface area (Å²) in [4.78, 5) is 12.8. The number of rotatable bonds is 5. The zero-order chi connectivity index (χ0) is 14.6. The minimum absolute atomic E-state index is 0.0725. The van der Waals surface area contributed by atoms with Gasteiger partial charge in [-0.2, -0.15) is 0 Å². The molecule has 7 heteroatoms. The molecule has 1 aliphatic heterocycles. The van der Waals surface area contributed by atoms with E-state index in [1.54, 1.807) is 11.8 Å². The fourth-order valence-electron chi connectivity index (χ4n) is 2.00. The molecule has 1 saturated heterocycles. The lowest BCUT2D eigenvalue weighted by Gasteiger charge is -2.10. The van der Waals surface area contributed by atoms with Gasteiger partial charge in [0.05, 0.1) is 11.5 Å². The molecule has 1 amide bonds. The van der Waals surface area contributed by atoms with Crippen molar-refractivity contribution in [3.05, 3.63) is 28.7 Å². The van der Waals surface area contributed by atoms with Gasteiger partial charge in [0.1, 0.15) is 0 Å². The van der Waals surface area contributed by atoms with Gasteiger partial charge in [-0.3, -0.25) is 4.79 Å². The van der Waals surface area contributed by atoms with Crippen molar-refractivity contribution in [2.75, 3.05) is 17.3 Å². The van der Waals surface area contributed by atoms with Crippen LogP contribution in [0.2, 0.25) is 0 Å². The molecular formula is C13H16BrNO3S2. The molecule has 0 spiro atoms. The van der Waals surface area contributed by atoms with Gasteiger partial charge in [0, 0.05) is 27.6 Å². The number of nitrogens with one attached hydrogen (secondary N) is 1. The first-order valence-electron chi connectivity index (χ1n) is 6.33. The highest BCUT2D eigenvalue weighted by Gasteiger charge is 2.28. The van der Waals surface area contributed by atoms with Crippen LogP contribution in [0.4, 0.5) is 0 Å². The highest BCUT2D eigenvalue weighted by molar-refractivity contribution is 9.10. The summed E-state index contributed by atoms with van der Waals surface area (Å²) < 4.78 is 23.6. The van der Waals surface area contributed by atoms with Crippen LogP contribution in [0.5, 0.6) is 0 Å². The lowest BCUT2D eigenvalue weighted by Crippen LogP contribution is -2.35. The molecule has 0 saturated carbocycles. The summed E-state index contributed by atoms with van der Waals surface area (Å²) in [7, 11) is -2.93. The predicted octanol–water partition coefficient (Wildman–Crippen LogP) is 2.23. The van der Waals surface area contributed by atoms with E-state index in [-0.39, 0.29) is 23.5 Å². The van der Waals surface area contributed by atoms with E-state index < -0.39 is 9.84 Å². The SMILES string of the molecule is O=C(CCSc1ccc(Br)cc1)N[C@@H]1CCS(=O)(=O)C1. The second kappa shape index (κ2) is 6.95. The highest BCUT2D eigenvalue weighted by Crippen LogP contribution is 2.21. The van der Waals surface area contributed by atoms with Crippen LogP contribution < -0.4 is 5.32 Å². The van der Waals surface area contributed by atoms with Gasteiger partial charge in [-0.15, -0.1) is 11.8 Å². The fourth-order valence-corrected chi connectivity index (χ4v) is 4.79. The quantitative estimate of drug-likeness (QED) is 0.799. The molecule has 0 bridgehead atoms. The molecule has 1 N–H and O–H groups in total. The molecule has 1 aliphatic rings. The first-order valence-corrected chi connectivity index (χ1v) is 9.93. The Bertz CT molecular complexity index is 572. The number of thioether (sulfide) groups is 1. The third-order valence-corrected chi connectivity index (χ3v) is 6.32. The zero-order valence-electron chi connectivity index (χ0n) is 10.8. The Labute approximate surface area is 131 Å². The summed E-state index contributed by atoms with van der Waals surface area (Å²) in [5.74, 6) is 0.883. The lowest BCUT2D eigenvalue weighted by atomic mass is 10.2. The molecule has 1 aromatic rings. The average Bonchev–Trinajstić information content (AvgIpc) is 2.71. The molecule has 4 nitrogen and oxygen atoms in total. The summed E-state index contributed by atoms with van der Waals surface area (Å²) in [5, 5.41) is 2.79. The van der Waals surface area contributed by atoms with E-state index in [2.05, 4.69) is 21.2 Å². The average molecular weight is 378 g/mol. The number of hydrogen-bond acceptors (Lipinski definition) is 4. The van der Waals surface area contributed by atoms with E-state index in [0.717, 1.165) is 9.37 Å². The minimum Gasteiger partial charge on any atom is -0.352 e. The molecule has 1 heterocycles.